The number of rotatable bonds is 2. The van der Waals surface area contributed by atoms with Crippen molar-refractivity contribution in [3.8, 4) is 16.1 Å². The standard InChI is InChI=1S/C22H18N2OS2/c1-13-7-10-15(11-8-13)24-21(25)18-17-12-9-14-5-3-4-6-16(14)19(17)27-20(18)23-22(24)26-2/h3-8,10-11H,9,12H2,1-2H3. The van der Waals surface area contributed by atoms with Crippen LogP contribution in [-0.2, 0) is 12.8 Å². The van der Waals surface area contributed by atoms with E-state index in [1.807, 2.05) is 30.5 Å². The van der Waals surface area contributed by atoms with Gasteiger partial charge in [0, 0.05) is 4.88 Å². The molecule has 2 heterocycles. The van der Waals surface area contributed by atoms with Crippen LogP contribution in [0.3, 0.4) is 0 Å². The Bertz CT molecular complexity index is 1240. The topological polar surface area (TPSA) is 34.9 Å². The zero-order valence-corrected chi connectivity index (χ0v) is 16.8. The van der Waals surface area contributed by atoms with Gasteiger partial charge in [-0.1, -0.05) is 53.7 Å². The van der Waals surface area contributed by atoms with Crippen LogP contribution >= 0.6 is 23.1 Å². The van der Waals surface area contributed by atoms with Crippen molar-refractivity contribution in [2.45, 2.75) is 24.9 Å². The number of benzene rings is 2. The van der Waals surface area contributed by atoms with Crippen LogP contribution in [0.1, 0.15) is 16.7 Å². The van der Waals surface area contributed by atoms with Crippen LogP contribution in [0.4, 0.5) is 0 Å². The van der Waals surface area contributed by atoms with E-state index in [9.17, 15) is 4.79 Å². The summed E-state index contributed by atoms with van der Waals surface area (Å²) >= 11 is 3.17. The third-order valence-electron chi connectivity index (χ3n) is 5.17. The summed E-state index contributed by atoms with van der Waals surface area (Å²) in [6, 6.07) is 16.6. The van der Waals surface area contributed by atoms with Crippen molar-refractivity contribution in [1.29, 1.82) is 0 Å². The van der Waals surface area contributed by atoms with Crippen molar-refractivity contribution in [2.24, 2.45) is 0 Å². The monoisotopic (exact) mass is 390 g/mol. The van der Waals surface area contributed by atoms with Gasteiger partial charge in [0.2, 0.25) is 0 Å². The van der Waals surface area contributed by atoms with E-state index in [0.717, 1.165) is 33.9 Å². The maximum atomic E-state index is 13.6. The number of hydrogen-bond acceptors (Lipinski definition) is 4. The lowest BCUT2D eigenvalue weighted by Crippen LogP contribution is -2.22. The van der Waals surface area contributed by atoms with E-state index in [1.165, 1.54) is 38.9 Å². The third kappa shape index (κ3) is 2.57. The van der Waals surface area contributed by atoms with Gasteiger partial charge in [-0.3, -0.25) is 9.36 Å². The Morgan fingerprint density at radius 3 is 2.63 bits per heavy atom. The van der Waals surface area contributed by atoms with Crippen LogP contribution < -0.4 is 5.56 Å². The van der Waals surface area contributed by atoms with Crippen LogP contribution in [0, 0.1) is 6.92 Å². The molecule has 0 saturated carbocycles. The van der Waals surface area contributed by atoms with Crippen molar-refractivity contribution in [1.82, 2.24) is 9.55 Å². The van der Waals surface area contributed by atoms with Crippen molar-refractivity contribution in [3.05, 3.63) is 75.6 Å². The smallest absolute Gasteiger partial charge is 0.267 e. The van der Waals surface area contributed by atoms with Gasteiger partial charge in [0.25, 0.3) is 5.56 Å². The minimum atomic E-state index is 0.0464. The zero-order valence-electron chi connectivity index (χ0n) is 15.2. The number of thiophene rings is 1. The number of aromatic nitrogens is 2. The molecule has 1 aliphatic carbocycles. The summed E-state index contributed by atoms with van der Waals surface area (Å²) in [4.78, 5) is 20.5. The molecule has 0 N–H and O–H groups in total. The van der Waals surface area contributed by atoms with E-state index in [1.54, 1.807) is 15.9 Å². The third-order valence-corrected chi connectivity index (χ3v) is 6.97. The average Bonchev–Trinajstić information content (AvgIpc) is 3.08. The van der Waals surface area contributed by atoms with Gasteiger partial charge in [0.05, 0.1) is 11.1 Å². The summed E-state index contributed by atoms with van der Waals surface area (Å²) in [5.41, 5.74) is 5.88. The highest BCUT2D eigenvalue weighted by atomic mass is 32.2. The largest absolute Gasteiger partial charge is 0.268 e. The van der Waals surface area contributed by atoms with E-state index in [2.05, 4.69) is 31.2 Å². The van der Waals surface area contributed by atoms with Crippen LogP contribution in [-0.4, -0.2) is 15.8 Å². The van der Waals surface area contributed by atoms with Crippen molar-refractivity contribution < 1.29 is 0 Å². The molecule has 0 saturated heterocycles. The first-order valence-electron chi connectivity index (χ1n) is 8.95. The molecule has 1 aliphatic rings. The summed E-state index contributed by atoms with van der Waals surface area (Å²) in [5.74, 6) is 0. The molecule has 0 radical (unpaired) electrons. The van der Waals surface area contributed by atoms with E-state index >= 15 is 0 Å². The van der Waals surface area contributed by atoms with Gasteiger partial charge in [-0.2, -0.15) is 0 Å². The Morgan fingerprint density at radius 1 is 1.07 bits per heavy atom. The average molecular weight is 391 g/mol. The van der Waals surface area contributed by atoms with E-state index < -0.39 is 0 Å². The van der Waals surface area contributed by atoms with Gasteiger partial charge in [-0.05, 0) is 54.8 Å². The highest BCUT2D eigenvalue weighted by molar-refractivity contribution is 7.98. The SMILES string of the molecule is CSc1nc2sc3c(c2c(=O)n1-c1ccc(C)cc1)CCc1ccccc1-3. The van der Waals surface area contributed by atoms with Crippen LogP contribution in [0.2, 0.25) is 0 Å². The Kier molecular flexibility index (Phi) is 3.95. The quantitative estimate of drug-likeness (QED) is 0.347. The molecule has 4 aromatic rings. The van der Waals surface area contributed by atoms with Gasteiger partial charge >= 0.3 is 0 Å². The number of nitrogens with zero attached hydrogens (tertiary/aromatic N) is 2. The highest BCUT2D eigenvalue weighted by Crippen LogP contribution is 2.42. The predicted octanol–water partition coefficient (Wildman–Crippen LogP) is 5.24. The number of fused-ring (bicyclic) bond motifs is 5. The molecule has 27 heavy (non-hydrogen) atoms. The fourth-order valence-electron chi connectivity index (χ4n) is 3.82. The predicted molar refractivity (Wildman–Crippen MR) is 115 cm³/mol. The summed E-state index contributed by atoms with van der Waals surface area (Å²) in [7, 11) is 0. The summed E-state index contributed by atoms with van der Waals surface area (Å²) < 4.78 is 1.76. The second-order valence-electron chi connectivity index (χ2n) is 6.82. The lowest BCUT2D eigenvalue weighted by Gasteiger charge is -2.16. The van der Waals surface area contributed by atoms with Gasteiger partial charge in [-0.25, -0.2) is 4.98 Å². The van der Waals surface area contributed by atoms with Crippen LogP contribution in [0.5, 0.6) is 0 Å². The molecule has 3 nitrogen and oxygen atoms in total. The van der Waals surface area contributed by atoms with Gasteiger partial charge in [0.1, 0.15) is 4.83 Å². The second kappa shape index (κ2) is 6.36. The van der Waals surface area contributed by atoms with E-state index in [4.69, 9.17) is 4.98 Å². The molecule has 5 heteroatoms. The molecule has 0 atom stereocenters. The minimum Gasteiger partial charge on any atom is -0.268 e. The normalized spacial score (nSPS) is 12.8. The molecule has 0 bridgehead atoms. The van der Waals surface area contributed by atoms with Gasteiger partial charge in [0.15, 0.2) is 5.16 Å². The Hall–Kier alpha value is -2.37. The summed E-state index contributed by atoms with van der Waals surface area (Å²) in [6.07, 6.45) is 3.85. The molecular formula is C22H18N2OS2. The van der Waals surface area contributed by atoms with Gasteiger partial charge in [-0.15, -0.1) is 11.3 Å². The summed E-state index contributed by atoms with van der Waals surface area (Å²) in [6.45, 7) is 2.05. The van der Waals surface area contributed by atoms with Crippen molar-refractivity contribution >= 4 is 33.3 Å². The molecule has 0 unspecified atom stereocenters. The first kappa shape index (κ1) is 16.8. The highest BCUT2D eigenvalue weighted by Gasteiger charge is 2.25. The lowest BCUT2D eigenvalue weighted by molar-refractivity contribution is 0.821. The maximum Gasteiger partial charge on any atom is 0.267 e. The fraction of sp³-hybridized carbons (Fsp3) is 0.182. The first-order chi connectivity index (χ1) is 13.2. The first-order valence-corrected chi connectivity index (χ1v) is 11.0. The molecule has 0 spiro atoms. The maximum absolute atomic E-state index is 13.6. The molecular weight excluding hydrogens is 372 g/mol. The second-order valence-corrected chi connectivity index (χ2v) is 8.59. The Morgan fingerprint density at radius 2 is 1.85 bits per heavy atom. The van der Waals surface area contributed by atoms with Crippen molar-refractivity contribution in [3.63, 3.8) is 0 Å². The van der Waals surface area contributed by atoms with Gasteiger partial charge < -0.3 is 0 Å². The van der Waals surface area contributed by atoms with Crippen LogP contribution in [0.15, 0.2) is 58.5 Å². The van der Waals surface area contributed by atoms with Crippen LogP contribution in [0.25, 0.3) is 26.3 Å². The van der Waals surface area contributed by atoms with E-state index in [0.29, 0.717) is 0 Å². The zero-order chi connectivity index (χ0) is 18.5. The number of hydrogen-bond donors (Lipinski definition) is 0. The minimum absolute atomic E-state index is 0.0464. The molecule has 2 aromatic heterocycles. The Labute approximate surface area is 165 Å². The summed E-state index contributed by atoms with van der Waals surface area (Å²) in [5, 5.41) is 1.53. The van der Waals surface area contributed by atoms with Crippen molar-refractivity contribution in [2.75, 3.05) is 6.26 Å². The molecule has 0 fully saturated rings. The number of aryl methyl sites for hydroxylation is 3. The fourth-order valence-corrected chi connectivity index (χ4v) is 5.71. The Balaban J connectivity index is 1.83. The molecule has 0 aliphatic heterocycles. The molecule has 0 amide bonds. The lowest BCUT2D eigenvalue weighted by atomic mass is 9.90. The molecule has 2 aromatic carbocycles. The molecule has 134 valence electrons. The number of thioether (sulfide) groups is 1. The molecule has 5 rings (SSSR count). The van der Waals surface area contributed by atoms with E-state index in [-0.39, 0.29) is 5.56 Å².